The summed E-state index contributed by atoms with van der Waals surface area (Å²) < 4.78 is 50.9. The number of rotatable bonds is 5. The summed E-state index contributed by atoms with van der Waals surface area (Å²) in [5.74, 6) is -6.70. The van der Waals surface area contributed by atoms with Crippen LogP contribution in [0.1, 0.15) is 5.56 Å². The first kappa shape index (κ1) is 13.7. The lowest BCUT2D eigenvalue weighted by Crippen LogP contribution is -2.35. The van der Waals surface area contributed by atoms with Crippen LogP contribution in [-0.4, -0.2) is 29.3 Å². The zero-order valence-electron chi connectivity index (χ0n) is 8.68. The molecular formula is C10H11F4NO2. The van der Waals surface area contributed by atoms with E-state index in [1.54, 1.807) is 0 Å². The van der Waals surface area contributed by atoms with Crippen molar-refractivity contribution in [1.29, 1.82) is 0 Å². The minimum Gasteiger partial charge on any atom is -0.503 e. The first-order valence-corrected chi connectivity index (χ1v) is 4.72. The molecule has 7 heteroatoms. The number of aliphatic hydroxyl groups excluding tert-OH is 1. The summed E-state index contributed by atoms with van der Waals surface area (Å²) in [7, 11) is 0. The Hall–Kier alpha value is -1.34. The van der Waals surface area contributed by atoms with Crippen molar-refractivity contribution in [2.24, 2.45) is 0 Å². The Morgan fingerprint density at radius 2 is 1.71 bits per heavy atom. The number of aromatic hydroxyl groups is 1. The second kappa shape index (κ2) is 5.33. The molecule has 1 rings (SSSR count). The number of hydrogen-bond donors (Lipinski definition) is 3. The summed E-state index contributed by atoms with van der Waals surface area (Å²) in [5.41, 5.74) is 0.0755. The van der Waals surface area contributed by atoms with E-state index in [9.17, 15) is 17.6 Å². The van der Waals surface area contributed by atoms with Crippen LogP contribution in [0.5, 0.6) is 5.75 Å². The molecule has 0 aliphatic heterocycles. The van der Waals surface area contributed by atoms with Crippen molar-refractivity contribution in [3.63, 3.8) is 0 Å². The Labute approximate surface area is 94.7 Å². The molecule has 0 amide bonds. The normalized spacial score (nSPS) is 11.8. The molecule has 0 heterocycles. The van der Waals surface area contributed by atoms with Gasteiger partial charge in [0.05, 0.1) is 6.54 Å². The van der Waals surface area contributed by atoms with E-state index >= 15 is 0 Å². The molecule has 0 fully saturated rings. The van der Waals surface area contributed by atoms with Gasteiger partial charge in [-0.2, -0.15) is 0 Å². The lowest BCUT2D eigenvalue weighted by atomic mass is 10.2. The second-order valence-corrected chi connectivity index (χ2v) is 3.53. The average molecular weight is 253 g/mol. The predicted molar refractivity (Wildman–Crippen MR) is 51.8 cm³/mol. The Morgan fingerprint density at radius 1 is 1.18 bits per heavy atom. The van der Waals surface area contributed by atoms with Gasteiger partial charge in [-0.15, -0.1) is 0 Å². The number of phenols is 1. The highest BCUT2D eigenvalue weighted by molar-refractivity contribution is 5.29. The molecule has 96 valence electrons. The largest absolute Gasteiger partial charge is 0.503 e. The van der Waals surface area contributed by atoms with Gasteiger partial charge in [0, 0.05) is 6.54 Å². The first-order valence-electron chi connectivity index (χ1n) is 4.72. The predicted octanol–water partition coefficient (Wildman–Crippen LogP) is 1.39. The number of hydrogen-bond acceptors (Lipinski definition) is 3. The second-order valence-electron chi connectivity index (χ2n) is 3.53. The Kier molecular flexibility index (Phi) is 4.30. The third kappa shape index (κ3) is 3.86. The minimum atomic E-state index is -3.28. The minimum absolute atomic E-state index is 0.0755. The monoisotopic (exact) mass is 253 g/mol. The fourth-order valence-electron chi connectivity index (χ4n) is 1.17. The zero-order chi connectivity index (χ0) is 13.1. The summed E-state index contributed by atoms with van der Waals surface area (Å²) >= 11 is 0. The van der Waals surface area contributed by atoms with Crippen molar-refractivity contribution in [2.45, 2.75) is 12.5 Å². The molecule has 17 heavy (non-hydrogen) atoms. The van der Waals surface area contributed by atoms with Gasteiger partial charge in [-0.25, -0.2) is 17.6 Å². The number of benzene rings is 1. The summed E-state index contributed by atoms with van der Waals surface area (Å²) in [5, 5.41) is 19.3. The molecule has 3 N–H and O–H groups in total. The van der Waals surface area contributed by atoms with Crippen LogP contribution in [0.15, 0.2) is 12.1 Å². The van der Waals surface area contributed by atoms with E-state index in [0.717, 1.165) is 12.1 Å². The number of aliphatic hydroxyl groups is 1. The lowest BCUT2D eigenvalue weighted by molar-refractivity contribution is -0.0477. The maximum absolute atomic E-state index is 12.9. The molecular weight excluding hydrogens is 242 g/mol. The molecule has 3 nitrogen and oxygen atoms in total. The molecule has 0 radical (unpaired) electrons. The maximum Gasteiger partial charge on any atom is 0.282 e. The topological polar surface area (TPSA) is 52.5 Å². The smallest absolute Gasteiger partial charge is 0.282 e. The average Bonchev–Trinajstić information content (AvgIpc) is 2.25. The van der Waals surface area contributed by atoms with Crippen LogP contribution in [0.3, 0.4) is 0 Å². The molecule has 1 aromatic rings. The third-order valence-electron chi connectivity index (χ3n) is 2.02. The third-order valence-corrected chi connectivity index (χ3v) is 2.02. The van der Waals surface area contributed by atoms with Crippen molar-refractivity contribution in [1.82, 2.24) is 5.32 Å². The summed E-state index contributed by atoms with van der Waals surface area (Å²) in [4.78, 5) is 0. The van der Waals surface area contributed by atoms with Gasteiger partial charge in [0.2, 0.25) is 0 Å². The fraction of sp³-hybridized carbons (Fsp3) is 0.400. The highest BCUT2D eigenvalue weighted by atomic mass is 19.3. The Bertz CT molecular complexity index is 375. The molecule has 1 aromatic carbocycles. The van der Waals surface area contributed by atoms with Crippen LogP contribution in [0.4, 0.5) is 17.6 Å². The van der Waals surface area contributed by atoms with Crippen LogP contribution >= 0.6 is 0 Å². The number of phenolic OH excluding ortho intramolecular Hbond substituents is 1. The molecule has 0 aromatic heterocycles. The van der Waals surface area contributed by atoms with Gasteiger partial charge in [-0.3, -0.25) is 0 Å². The number of nitrogens with one attached hydrogen (secondary N) is 1. The van der Waals surface area contributed by atoms with Crippen molar-refractivity contribution in [3.05, 3.63) is 29.3 Å². The molecule has 0 aliphatic rings. The highest BCUT2D eigenvalue weighted by Gasteiger charge is 2.26. The van der Waals surface area contributed by atoms with Gasteiger partial charge in [0.15, 0.2) is 17.4 Å². The zero-order valence-corrected chi connectivity index (χ0v) is 8.68. The fourth-order valence-corrected chi connectivity index (χ4v) is 1.17. The summed E-state index contributed by atoms with van der Waals surface area (Å²) in [6, 6.07) is 1.67. The van der Waals surface area contributed by atoms with Crippen molar-refractivity contribution in [3.8, 4) is 5.75 Å². The van der Waals surface area contributed by atoms with E-state index in [1.807, 2.05) is 0 Å². The molecule has 0 saturated heterocycles. The van der Waals surface area contributed by atoms with Gasteiger partial charge in [0.1, 0.15) is 6.61 Å². The van der Waals surface area contributed by atoms with E-state index in [2.05, 4.69) is 5.32 Å². The van der Waals surface area contributed by atoms with Gasteiger partial charge in [-0.05, 0) is 17.7 Å². The van der Waals surface area contributed by atoms with E-state index in [0.29, 0.717) is 0 Å². The maximum atomic E-state index is 12.9. The molecule has 0 atom stereocenters. The Morgan fingerprint density at radius 3 is 2.18 bits per heavy atom. The van der Waals surface area contributed by atoms with Gasteiger partial charge >= 0.3 is 0 Å². The molecule has 0 aliphatic carbocycles. The van der Waals surface area contributed by atoms with Crippen molar-refractivity contribution >= 4 is 0 Å². The molecule has 0 spiro atoms. The van der Waals surface area contributed by atoms with Crippen LogP contribution in [-0.2, 0) is 6.54 Å². The van der Waals surface area contributed by atoms with Crippen LogP contribution in [0, 0.1) is 11.6 Å². The molecule has 0 saturated carbocycles. The summed E-state index contributed by atoms with van der Waals surface area (Å²) in [6.07, 6.45) is 0. The quantitative estimate of drug-likeness (QED) is 0.695. The van der Waals surface area contributed by atoms with Crippen LogP contribution in [0.2, 0.25) is 0 Å². The first-order chi connectivity index (χ1) is 7.85. The van der Waals surface area contributed by atoms with Crippen molar-refractivity contribution in [2.75, 3.05) is 13.2 Å². The van der Waals surface area contributed by atoms with Crippen molar-refractivity contribution < 1.29 is 27.8 Å². The SMILES string of the molecule is OCC(F)(F)CNCc1cc(F)c(O)c(F)c1. The molecule has 0 unspecified atom stereocenters. The van der Waals surface area contributed by atoms with E-state index in [4.69, 9.17) is 10.2 Å². The van der Waals surface area contributed by atoms with Crippen LogP contribution in [0.25, 0.3) is 0 Å². The Balaban J connectivity index is 2.59. The van der Waals surface area contributed by atoms with Gasteiger partial charge in [0.25, 0.3) is 5.92 Å². The summed E-state index contributed by atoms with van der Waals surface area (Å²) in [6.45, 7) is -2.32. The van der Waals surface area contributed by atoms with E-state index in [-0.39, 0.29) is 12.1 Å². The standard InChI is InChI=1S/C10H11F4NO2/c11-7-1-6(2-8(12)9(7)17)3-15-4-10(13,14)5-16/h1-2,15-17H,3-5H2. The molecule has 0 bridgehead atoms. The number of halogens is 4. The number of alkyl halides is 2. The van der Waals surface area contributed by atoms with Crippen LogP contribution < -0.4 is 5.32 Å². The van der Waals surface area contributed by atoms with E-state index in [1.165, 1.54) is 0 Å². The van der Waals surface area contributed by atoms with E-state index < -0.39 is 36.5 Å². The van der Waals surface area contributed by atoms with Gasteiger partial charge < -0.3 is 15.5 Å². The lowest BCUT2D eigenvalue weighted by Gasteiger charge is -2.14. The van der Waals surface area contributed by atoms with Gasteiger partial charge in [-0.1, -0.05) is 0 Å². The highest BCUT2D eigenvalue weighted by Crippen LogP contribution is 2.21.